The first-order valence-electron chi connectivity index (χ1n) is 4.09. The molecular formula is C8H14N2O2S2. The molecule has 0 radical (unpaired) electrons. The Morgan fingerprint density at radius 3 is 2.86 bits per heavy atom. The minimum Gasteiger partial charge on any atom is -0.436 e. The highest BCUT2D eigenvalue weighted by molar-refractivity contribution is 8.76. The number of hydrogen-bond donors (Lipinski definition) is 2. The molecule has 0 aromatic carbocycles. The molecule has 0 aromatic heterocycles. The van der Waals surface area contributed by atoms with Gasteiger partial charge in [-0.05, 0) is 0 Å². The summed E-state index contributed by atoms with van der Waals surface area (Å²) >= 11 is 0. The zero-order chi connectivity index (χ0) is 10.6. The van der Waals surface area contributed by atoms with E-state index in [1.807, 2.05) is 0 Å². The van der Waals surface area contributed by atoms with E-state index >= 15 is 0 Å². The highest BCUT2D eigenvalue weighted by Gasteiger charge is 1.98. The third-order valence-electron chi connectivity index (χ3n) is 1.03. The molecule has 1 amide bonds. The van der Waals surface area contributed by atoms with Crippen LogP contribution in [0, 0.1) is 12.3 Å². The molecule has 0 aliphatic carbocycles. The molecule has 0 atom stereocenters. The summed E-state index contributed by atoms with van der Waals surface area (Å²) in [6.45, 7) is 1.27. The lowest BCUT2D eigenvalue weighted by Gasteiger charge is -2.03. The largest absolute Gasteiger partial charge is 0.436 e. The number of terminal acetylenes is 1. The van der Waals surface area contributed by atoms with Crippen molar-refractivity contribution in [3.05, 3.63) is 0 Å². The van der Waals surface area contributed by atoms with Crippen LogP contribution in [0.3, 0.4) is 0 Å². The quantitative estimate of drug-likeness (QED) is 0.385. The van der Waals surface area contributed by atoms with Crippen molar-refractivity contribution in [3.63, 3.8) is 0 Å². The van der Waals surface area contributed by atoms with E-state index in [-0.39, 0.29) is 6.61 Å². The van der Waals surface area contributed by atoms with Gasteiger partial charge in [-0.2, -0.15) is 0 Å². The van der Waals surface area contributed by atoms with E-state index in [9.17, 15) is 4.79 Å². The molecule has 0 saturated carbocycles. The van der Waals surface area contributed by atoms with Gasteiger partial charge in [0, 0.05) is 24.6 Å². The monoisotopic (exact) mass is 234 g/mol. The maximum absolute atomic E-state index is 10.8. The smallest absolute Gasteiger partial charge is 0.408 e. The van der Waals surface area contributed by atoms with Crippen LogP contribution in [0.4, 0.5) is 4.79 Å². The molecule has 6 heteroatoms. The van der Waals surface area contributed by atoms with E-state index in [0.29, 0.717) is 13.1 Å². The number of alkyl carbamates (subject to hydrolysis) is 1. The first kappa shape index (κ1) is 13.5. The van der Waals surface area contributed by atoms with Crippen LogP contribution in [0.25, 0.3) is 0 Å². The van der Waals surface area contributed by atoms with Gasteiger partial charge in [0.25, 0.3) is 0 Å². The zero-order valence-corrected chi connectivity index (χ0v) is 9.46. The van der Waals surface area contributed by atoms with Gasteiger partial charge >= 0.3 is 6.09 Å². The van der Waals surface area contributed by atoms with Crippen molar-refractivity contribution in [2.24, 2.45) is 5.73 Å². The highest BCUT2D eigenvalue weighted by Crippen LogP contribution is 2.18. The van der Waals surface area contributed by atoms with E-state index in [1.54, 1.807) is 21.6 Å². The van der Waals surface area contributed by atoms with Gasteiger partial charge in [0.2, 0.25) is 0 Å². The van der Waals surface area contributed by atoms with Crippen LogP contribution in [0.15, 0.2) is 0 Å². The van der Waals surface area contributed by atoms with Crippen LogP contribution in [-0.2, 0) is 4.74 Å². The lowest BCUT2D eigenvalue weighted by Crippen LogP contribution is -2.26. The minimum absolute atomic E-state index is 0.0148. The van der Waals surface area contributed by atoms with E-state index in [2.05, 4.69) is 16.0 Å². The van der Waals surface area contributed by atoms with Crippen LogP contribution in [-0.4, -0.2) is 37.3 Å². The van der Waals surface area contributed by atoms with E-state index in [0.717, 1.165) is 11.5 Å². The number of ether oxygens (including phenoxy) is 1. The lowest BCUT2D eigenvalue weighted by atomic mass is 10.7. The van der Waals surface area contributed by atoms with Crippen molar-refractivity contribution in [2.45, 2.75) is 0 Å². The Morgan fingerprint density at radius 1 is 1.50 bits per heavy atom. The average Bonchev–Trinajstić information content (AvgIpc) is 2.20. The average molecular weight is 234 g/mol. The van der Waals surface area contributed by atoms with Crippen molar-refractivity contribution in [2.75, 3.05) is 31.2 Å². The lowest BCUT2D eigenvalue weighted by molar-refractivity contribution is 0.161. The summed E-state index contributed by atoms with van der Waals surface area (Å²) in [7, 11) is 3.36. The van der Waals surface area contributed by atoms with Crippen molar-refractivity contribution < 1.29 is 9.53 Å². The summed E-state index contributed by atoms with van der Waals surface area (Å²) in [4.78, 5) is 10.8. The van der Waals surface area contributed by atoms with Gasteiger partial charge in [0.05, 0.1) is 0 Å². The van der Waals surface area contributed by atoms with Crippen LogP contribution in [0.2, 0.25) is 0 Å². The predicted molar refractivity (Wildman–Crippen MR) is 62.2 cm³/mol. The van der Waals surface area contributed by atoms with Crippen molar-refractivity contribution in [1.29, 1.82) is 0 Å². The van der Waals surface area contributed by atoms with Crippen LogP contribution >= 0.6 is 21.6 Å². The molecule has 0 aromatic rings. The third kappa shape index (κ3) is 9.58. The van der Waals surface area contributed by atoms with Gasteiger partial charge in [-0.1, -0.05) is 27.5 Å². The SMILES string of the molecule is C#CCOC(=O)NCCSSCCN. The van der Waals surface area contributed by atoms with E-state index in [4.69, 9.17) is 12.2 Å². The fourth-order valence-electron chi connectivity index (χ4n) is 0.519. The van der Waals surface area contributed by atoms with Gasteiger partial charge in [0.1, 0.15) is 0 Å². The highest BCUT2D eigenvalue weighted by atomic mass is 33.1. The third-order valence-corrected chi connectivity index (χ3v) is 3.47. The molecule has 0 fully saturated rings. The first-order valence-corrected chi connectivity index (χ1v) is 6.58. The summed E-state index contributed by atoms with van der Waals surface area (Å²) in [5, 5.41) is 2.57. The molecule has 0 heterocycles. The number of hydrogen-bond acceptors (Lipinski definition) is 5. The topological polar surface area (TPSA) is 64.3 Å². The number of carbonyl (C=O) groups excluding carboxylic acids is 1. The van der Waals surface area contributed by atoms with Gasteiger partial charge in [0.15, 0.2) is 6.61 Å². The Morgan fingerprint density at radius 2 is 2.21 bits per heavy atom. The van der Waals surface area contributed by atoms with Gasteiger partial charge in [-0.15, -0.1) is 6.42 Å². The van der Waals surface area contributed by atoms with Crippen LogP contribution in [0.5, 0.6) is 0 Å². The van der Waals surface area contributed by atoms with Crippen LogP contribution in [0.1, 0.15) is 0 Å². The molecule has 0 aliphatic heterocycles. The number of carbonyl (C=O) groups is 1. The summed E-state index contributed by atoms with van der Waals surface area (Å²) in [5.41, 5.74) is 5.30. The molecule has 0 rings (SSSR count). The van der Waals surface area contributed by atoms with Gasteiger partial charge < -0.3 is 15.8 Å². The molecule has 0 spiro atoms. The van der Waals surface area contributed by atoms with Crippen LogP contribution < -0.4 is 11.1 Å². The number of rotatable bonds is 7. The molecule has 14 heavy (non-hydrogen) atoms. The molecule has 3 N–H and O–H groups in total. The predicted octanol–water partition coefficient (Wildman–Crippen LogP) is 0.686. The molecule has 80 valence electrons. The summed E-state index contributed by atoms with van der Waals surface area (Å²) in [6.07, 6.45) is 4.45. The standard InChI is InChI=1S/C8H14N2O2S2/c1-2-5-12-8(11)10-4-7-14-13-6-3-9/h1H,3-7,9H2,(H,10,11). The molecule has 4 nitrogen and oxygen atoms in total. The Bertz CT molecular complexity index is 194. The van der Waals surface area contributed by atoms with Crippen molar-refractivity contribution >= 4 is 27.7 Å². The second-order valence-corrected chi connectivity index (χ2v) is 4.84. The van der Waals surface area contributed by atoms with Gasteiger partial charge in [-0.3, -0.25) is 0 Å². The Balaban J connectivity index is 3.11. The number of nitrogens with two attached hydrogens (primary N) is 1. The Labute approximate surface area is 92.1 Å². The van der Waals surface area contributed by atoms with Gasteiger partial charge in [-0.25, -0.2) is 4.79 Å². The maximum atomic E-state index is 10.8. The zero-order valence-electron chi connectivity index (χ0n) is 7.82. The second kappa shape index (κ2) is 10.6. The molecule has 0 unspecified atom stereocenters. The number of nitrogens with one attached hydrogen (secondary N) is 1. The fourth-order valence-corrected chi connectivity index (χ4v) is 2.28. The summed E-state index contributed by atoms with van der Waals surface area (Å²) < 4.78 is 4.60. The maximum Gasteiger partial charge on any atom is 0.408 e. The Kier molecular flexibility index (Phi) is 10.2. The molecule has 0 aliphatic rings. The molecular weight excluding hydrogens is 220 g/mol. The molecule has 0 saturated heterocycles. The van der Waals surface area contributed by atoms with Crippen molar-refractivity contribution in [3.8, 4) is 12.3 Å². The van der Waals surface area contributed by atoms with E-state index < -0.39 is 6.09 Å². The summed E-state index contributed by atoms with van der Waals surface area (Å²) in [6, 6.07) is 0. The normalized spacial score (nSPS) is 9.14. The van der Waals surface area contributed by atoms with E-state index in [1.165, 1.54) is 0 Å². The first-order chi connectivity index (χ1) is 6.81. The fraction of sp³-hybridized carbons (Fsp3) is 0.625. The number of amides is 1. The second-order valence-electron chi connectivity index (χ2n) is 2.14. The van der Waals surface area contributed by atoms with Crippen molar-refractivity contribution in [1.82, 2.24) is 5.32 Å². The minimum atomic E-state index is -0.465. The summed E-state index contributed by atoms with van der Waals surface area (Å²) in [5.74, 6) is 3.96. The Hall–Kier alpha value is -0.510. The molecule has 0 bridgehead atoms.